The molecule has 0 aromatic carbocycles. The standard InChI is InChI=1S/C5H4N4O2/c6-9-8-5(10)7-4-2-1-3-11-4/h1-3H,(H,7,10). The molecule has 0 saturated carbocycles. The van der Waals surface area contributed by atoms with E-state index in [1.165, 1.54) is 12.3 Å². The average Bonchev–Trinajstić information content (AvgIpc) is 2.40. The summed E-state index contributed by atoms with van der Waals surface area (Å²) in [5.74, 6) is 0.252. The Morgan fingerprint density at radius 3 is 3.18 bits per heavy atom. The van der Waals surface area contributed by atoms with Crippen molar-refractivity contribution in [3.63, 3.8) is 0 Å². The highest BCUT2D eigenvalue weighted by Gasteiger charge is 1.98. The van der Waals surface area contributed by atoms with Gasteiger partial charge in [-0.25, -0.2) is 0 Å². The van der Waals surface area contributed by atoms with Crippen molar-refractivity contribution in [2.24, 2.45) is 5.11 Å². The molecule has 0 aliphatic rings. The zero-order chi connectivity index (χ0) is 8.10. The highest BCUT2D eigenvalue weighted by Crippen LogP contribution is 2.06. The van der Waals surface area contributed by atoms with Gasteiger partial charge >= 0.3 is 6.03 Å². The van der Waals surface area contributed by atoms with Crippen molar-refractivity contribution in [1.82, 2.24) is 0 Å². The minimum atomic E-state index is -0.789. The van der Waals surface area contributed by atoms with E-state index in [2.05, 4.69) is 15.3 Å². The number of carbonyl (C=O) groups excluding carboxylic acids is 1. The Hall–Kier alpha value is -1.94. The van der Waals surface area contributed by atoms with Crippen molar-refractivity contribution in [3.05, 3.63) is 28.8 Å². The quantitative estimate of drug-likeness (QED) is 0.379. The number of hydrogen-bond acceptors (Lipinski definition) is 2. The van der Waals surface area contributed by atoms with Crippen LogP contribution in [-0.2, 0) is 0 Å². The van der Waals surface area contributed by atoms with Gasteiger partial charge in [0, 0.05) is 16.1 Å². The molecule has 0 aliphatic heterocycles. The van der Waals surface area contributed by atoms with Gasteiger partial charge < -0.3 is 4.42 Å². The summed E-state index contributed by atoms with van der Waals surface area (Å²) in [4.78, 5) is 12.8. The molecule has 0 fully saturated rings. The monoisotopic (exact) mass is 152 g/mol. The first-order valence-corrected chi connectivity index (χ1v) is 2.72. The van der Waals surface area contributed by atoms with E-state index in [0.717, 1.165) is 0 Å². The SMILES string of the molecule is [N-]=[N+]=NC(=O)Nc1ccco1. The molecule has 1 aromatic heterocycles. The van der Waals surface area contributed by atoms with Gasteiger partial charge in [0.25, 0.3) is 0 Å². The topological polar surface area (TPSA) is 91.0 Å². The molecule has 56 valence electrons. The fourth-order valence-electron chi connectivity index (χ4n) is 0.521. The van der Waals surface area contributed by atoms with E-state index in [1.54, 1.807) is 6.07 Å². The Morgan fingerprint density at radius 1 is 1.82 bits per heavy atom. The van der Waals surface area contributed by atoms with Crippen LogP contribution in [0.3, 0.4) is 0 Å². The summed E-state index contributed by atoms with van der Waals surface area (Å²) in [6, 6.07) is 2.35. The Morgan fingerprint density at radius 2 is 2.64 bits per heavy atom. The molecule has 1 N–H and O–H groups in total. The zero-order valence-electron chi connectivity index (χ0n) is 5.39. The van der Waals surface area contributed by atoms with Gasteiger partial charge in [0.2, 0.25) is 0 Å². The van der Waals surface area contributed by atoms with Gasteiger partial charge in [-0.15, -0.1) is 0 Å². The number of anilines is 1. The highest BCUT2D eigenvalue weighted by molar-refractivity contribution is 5.88. The lowest BCUT2D eigenvalue weighted by Gasteiger charge is -1.91. The lowest BCUT2D eigenvalue weighted by atomic mass is 10.6. The summed E-state index contributed by atoms with van der Waals surface area (Å²) < 4.78 is 4.74. The number of amides is 2. The Kier molecular flexibility index (Phi) is 2.14. The summed E-state index contributed by atoms with van der Waals surface area (Å²) in [7, 11) is 0. The summed E-state index contributed by atoms with van der Waals surface area (Å²) in [6.45, 7) is 0. The number of furan rings is 1. The predicted octanol–water partition coefficient (Wildman–Crippen LogP) is 2.12. The van der Waals surface area contributed by atoms with Crippen LogP contribution in [0.15, 0.2) is 27.9 Å². The first-order valence-electron chi connectivity index (χ1n) is 2.72. The maximum atomic E-state index is 10.5. The van der Waals surface area contributed by atoms with Crippen molar-refractivity contribution >= 4 is 11.9 Å². The van der Waals surface area contributed by atoms with Crippen LogP contribution < -0.4 is 5.32 Å². The summed E-state index contributed by atoms with van der Waals surface area (Å²) >= 11 is 0. The van der Waals surface area contributed by atoms with Crippen molar-refractivity contribution in [3.8, 4) is 0 Å². The first-order chi connectivity index (χ1) is 5.33. The minimum Gasteiger partial charge on any atom is -0.449 e. The molecule has 0 bridgehead atoms. The third-order valence-electron chi connectivity index (χ3n) is 0.887. The highest BCUT2D eigenvalue weighted by atomic mass is 16.3. The normalized spacial score (nSPS) is 8.36. The molecule has 0 spiro atoms. The predicted molar refractivity (Wildman–Crippen MR) is 36.9 cm³/mol. The molecule has 0 atom stereocenters. The van der Waals surface area contributed by atoms with Crippen LogP contribution in [0.5, 0.6) is 0 Å². The molecule has 1 rings (SSSR count). The third kappa shape index (κ3) is 2.04. The number of urea groups is 1. The number of hydrogen-bond donors (Lipinski definition) is 1. The van der Waals surface area contributed by atoms with Crippen LogP contribution in [0.25, 0.3) is 10.4 Å². The molecule has 0 aliphatic carbocycles. The average molecular weight is 152 g/mol. The maximum absolute atomic E-state index is 10.5. The number of nitrogens with zero attached hydrogens (tertiary/aromatic N) is 3. The van der Waals surface area contributed by atoms with E-state index in [9.17, 15) is 4.79 Å². The van der Waals surface area contributed by atoms with Gasteiger partial charge in [-0.05, 0) is 11.6 Å². The van der Waals surface area contributed by atoms with Crippen LogP contribution in [0, 0.1) is 0 Å². The van der Waals surface area contributed by atoms with Crippen LogP contribution in [0.2, 0.25) is 0 Å². The lowest BCUT2D eigenvalue weighted by molar-refractivity contribution is 0.258. The molecule has 1 heterocycles. The van der Waals surface area contributed by atoms with Crippen LogP contribution in [0.1, 0.15) is 0 Å². The van der Waals surface area contributed by atoms with E-state index >= 15 is 0 Å². The lowest BCUT2D eigenvalue weighted by Crippen LogP contribution is -2.03. The maximum Gasteiger partial charge on any atom is 0.314 e. The van der Waals surface area contributed by atoms with E-state index in [4.69, 9.17) is 9.95 Å². The molecule has 1 aromatic rings. The fraction of sp³-hybridized carbons (Fsp3) is 0. The van der Waals surface area contributed by atoms with E-state index in [0.29, 0.717) is 0 Å². The second-order valence-corrected chi connectivity index (χ2v) is 1.60. The molecule has 6 nitrogen and oxygen atoms in total. The molecular weight excluding hydrogens is 148 g/mol. The van der Waals surface area contributed by atoms with Gasteiger partial charge in [0.15, 0.2) is 5.88 Å². The molecule has 11 heavy (non-hydrogen) atoms. The second-order valence-electron chi connectivity index (χ2n) is 1.60. The molecule has 0 saturated heterocycles. The minimum absolute atomic E-state index is 0.252. The molecule has 2 amide bonds. The largest absolute Gasteiger partial charge is 0.449 e. The smallest absolute Gasteiger partial charge is 0.314 e. The number of carbonyl (C=O) groups is 1. The van der Waals surface area contributed by atoms with E-state index in [-0.39, 0.29) is 5.88 Å². The molecule has 0 unspecified atom stereocenters. The number of azide groups is 1. The van der Waals surface area contributed by atoms with Crippen molar-refractivity contribution in [1.29, 1.82) is 0 Å². The summed E-state index contributed by atoms with van der Waals surface area (Å²) in [5.41, 5.74) is 7.83. The fourth-order valence-corrected chi connectivity index (χ4v) is 0.521. The summed E-state index contributed by atoms with van der Waals surface area (Å²) in [5, 5.41) is 4.97. The summed E-state index contributed by atoms with van der Waals surface area (Å²) in [6.07, 6.45) is 1.39. The van der Waals surface area contributed by atoms with Gasteiger partial charge in [-0.3, -0.25) is 10.1 Å². The van der Waals surface area contributed by atoms with Crippen molar-refractivity contribution < 1.29 is 9.21 Å². The Labute approximate surface area is 61.4 Å². The van der Waals surface area contributed by atoms with Gasteiger partial charge in [-0.1, -0.05) is 0 Å². The number of rotatable bonds is 1. The van der Waals surface area contributed by atoms with E-state index < -0.39 is 6.03 Å². The first kappa shape index (κ1) is 7.17. The van der Waals surface area contributed by atoms with Crippen molar-refractivity contribution in [2.75, 3.05) is 5.32 Å². The zero-order valence-corrected chi connectivity index (χ0v) is 5.39. The second kappa shape index (κ2) is 3.28. The Balaban J connectivity index is 2.57. The van der Waals surface area contributed by atoms with Crippen LogP contribution in [-0.4, -0.2) is 6.03 Å². The Bertz CT molecular complexity index is 285. The van der Waals surface area contributed by atoms with Gasteiger partial charge in [0.1, 0.15) is 0 Å². The number of nitrogens with one attached hydrogen (secondary N) is 1. The molecule has 0 radical (unpaired) electrons. The van der Waals surface area contributed by atoms with Crippen molar-refractivity contribution in [2.45, 2.75) is 0 Å². The van der Waals surface area contributed by atoms with E-state index in [1.807, 2.05) is 0 Å². The van der Waals surface area contributed by atoms with Crippen LogP contribution >= 0.6 is 0 Å². The van der Waals surface area contributed by atoms with Crippen LogP contribution in [0.4, 0.5) is 10.7 Å². The molecule has 6 heteroatoms. The molecular formula is C5H4N4O2. The van der Waals surface area contributed by atoms with Gasteiger partial charge in [0.05, 0.1) is 6.26 Å². The third-order valence-corrected chi connectivity index (χ3v) is 0.887. The van der Waals surface area contributed by atoms with Gasteiger partial charge in [-0.2, -0.15) is 0 Å².